The molecule has 1 atom stereocenters. The summed E-state index contributed by atoms with van der Waals surface area (Å²) in [4.78, 5) is 12.0. The number of nitrogens with zero attached hydrogens (tertiary/aromatic N) is 4. The number of H-pyrrole nitrogens is 1. The number of hydrogen-bond acceptors (Lipinski definition) is 6. The number of likely N-dealkylation sites (N-methyl/N-ethyl adjacent to an activating group) is 1. The van der Waals surface area contributed by atoms with Crippen LogP contribution in [0.3, 0.4) is 0 Å². The summed E-state index contributed by atoms with van der Waals surface area (Å²) >= 11 is 1.77. The Morgan fingerprint density at radius 1 is 1.45 bits per heavy atom. The van der Waals surface area contributed by atoms with Crippen LogP contribution in [0, 0.1) is 0 Å². The standard InChI is InChI=1S/C13H16N6S/c1-8(6-9-4-3-5-20-9)19(2)12-10-7-15-18-11(10)16-13(14)17-12/h3-5,7-8H,6H2,1-2H3,(H3,14,15,16,17,18). The van der Waals surface area contributed by atoms with Gasteiger partial charge in [-0.05, 0) is 18.4 Å². The second kappa shape index (κ2) is 5.09. The molecular weight excluding hydrogens is 272 g/mol. The molecule has 0 spiro atoms. The van der Waals surface area contributed by atoms with Crippen LogP contribution in [0.5, 0.6) is 0 Å². The molecule has 6 nitrogen and oxygen atoms in total. The molecule has 0 aromatic carbocycles. The number of aromatic amines is 1. The fourth-order valence-electron chi connectivity index (χ4n) is 2.17. The summed E-state index contributed by atoms with van der Waals surface area (Å²) < 4.78 is 0. The lowest BCUT2D eigenvalue weighted by Gasteiger charge is -2.26. The summed E-state index contributed by atoms with van der Waals surface area (Å²) in [5, 5.41) is 9.83. The van der Waals surface area contributed by atoms with Crippen molar-refractivity contribution < 1.29 is 0 Å². The number of hydrogen-bond donors (Lipinski definition) is 2. The highest BCUT2D eigenvalue weighted by Gasteiger charge is 2.17. The van der Waals surface area contributed by atoms with Gasteiger partial charge in [0.15, 0.2) is 5.65 Å². The van der Waals surface area contributed by atoms with Gasteiger partial charge in [-0.1, -0.05) is 6.07 Å². The Labute approximate surface area is 120 Å². The summed E-state index contributed by atoms with van der Waals surface area (Å²) in [7, 11) is 2.02. The number of fused-ring (bicyclic) bond motifs is 1. The fourth-order valence-corrected chi connectivity index (χ4v) is 3.00. The van der Waals surface area contributed by atoms with Crippen LogP contribution < -0.4 is 10.6 Å². The number of nitrogen functional groups attached to an aromatic ring is 1. The van der Waals surface area contributed by atoms with E-state index in [1.54, 1.807) is 17.5 Å². The van der Waals surface area contributed by atoms with E-state index in [9.17, 15) is 0 Å². The predicted molar refractivity (Wildman–Crippen MR) is 82.0 cm³/mol. The Balaban J connectivity index is 1.91. The molecular formula is C13H16N6S. The Hall–Kier alpha value is -2.15. The maximum atomic E-state index is 5.76. The molecule has 0 radical (unpaired) electrons. The Kier molecular flexibility index (Phi) is 3.27. The average molecular weight is 288 g/mol. The van der Waals surface area contributed by atoms with E-state index in [0.717, 1.165) is 17.6 Å². The zero-order valence-corrected chi connectivity index (χ0v) is 12.2. The van der Waals surface area contributed by atoms with Gasteiger partial charge in [-0.25, -0.2) is 0 Å². The average Bonchev–Trinajstić information content (AvgIpc) is 3.07. The van der Waals surface area contributed by atoms with E-state index in [1.807, 2.05) is 7.05 Å². The predicted octanol–water partition coefficient (Wildman–Crippen LogP) is 2.06. The molecule has 3 heterocycles. The molecule has 0 aliphatic carbocycles. The first-order chi connectivity index (χ1) is 9.65. The van der Waals surface area contributed by atoms with Gasteiger partial charge in [0.2, 0.25) is 5.95 Å². The van der Waals surface area contributed by atoms with Gasteiger partial charge in [0.25, 0.3) is 0 Å². The van der Waals surface area contributed by atoms with Crippen LogP contribution in [-0.2, 0) is 6.42 Å². The summed E-state index contributed by atoms with van der Waals surface area (Å²) in [5.41, 5.74) is 6.43. The number of aromatic nitrogens is 4. The molecule has 1 unspecified atom stereocenters. The van der Waals surface area contributed by atoms with E-state index in [2.05, 4.69) is 49.5 Å². The normalized spacial score (nSPS) is 12.7. The van der Waals surface area contributed by atoms with Crippen molar-refractivity contribution in [2.45, 2.75) is 19.4 Å². The van der Waals surface area contributed by atoms with Gasteiger partial charge in [-0.3, -0.25) is 5.10 Å². The highest BCUT2D eigenvalue weighted by Crippen LogP contribution is 2.25. The number of nitrogens with two attached hydrogens (primary N) is 1. The van der Waals surface area contributed by atoms with Crippen molar-refractivity contribution in [2.24, 2.45) is 0 Å². The quantitative estimate of drug-likeness (QED) is 0.767. The largest absolute Gasteiger partial charge is 0.368 e. The monoisotopic (exact) mass is 288 g/mol. The van der Waals surface area contributed by atoms with Gasteiger partial charge in [0.1, 0.15) is 5.82 Å². The number of rotatable bonds is 4. The lowest BCUT2D eigenvalue weighted by atomic mass is 10.2. The molecule has 20 heavy (non-hydrogen) atoms. The topological polar surface area (TPSA) is 83.7 Å². The second-order valence-corrected chi connectivity index (χ2v) is 5.81. The zero-order valence-electron chi connectivity index (χ0n) is 11.4. The summed E-state index contributed by atoms with van der Waals surface area (Å²) in [6.45, 7) is 2.17. The van der Waals surface area contributed by atoms with Gasteiger partial charge in [0, 0.05) is 24.4 Å². The van der Waals surface area contributed by atoms with E-state index in [0.29, 0.717) is 11.7 Å². The number of thiophene rings is 1. The zero-order chi connectivity index (χ0) is 14.1. The number of nitrogens with one attached hydrogen (secondary N) is 1. The van der Waals surface area contributed by atoms with Gasteiger partial charge in [-0.15, -0.1) is 11.3 Å². The van der Waals surface area contributed by atoms with Crippen LogP contribution in [-0.4, -0.2) is 33.3 Å². The number of anilines is 2. The van der Waals surface area contributed by atoms with E-state index in [4.69, 9.17) is 5.73 Å². The minimum atomic E-state index is 0.256. The molecule has 0 bridgehead atoms. The molecule has 0 amide bonds. The van der Waals surface area contributed by atoms with Crippen LogP contribution in [0.15, 0.2) is 23.7 Å². The molecule has 0 saturated carbocycles. The first kappa shape index (κ1) is 12.9. The van der Waals surface area contributed by atoms with Crippen LogP contribution >= 0.6 is 11.3 Å². The van der Waals surface area contributed by atoms with Crippen molar-refractivity contribution in [2.75, 3.05) is 17.7 Å². The highest BCUT2D eigenvalue weighted by atomic mass is 32.1. The minimum absolute atomic E-state index is 0.256. The Morgan fingerprint density at radius 2 is 2.30 bits per heavy atom. The van der Waals surface area contributed by atoms with Gasteiger partial charge in [-0.2, -0.15) is 15.1 Å². The van der Waals surface area contributed by atoms with E-state index in [1.165, 1.54) is 4.88 Å². The lowest BCUT2D eigenvalue weighted by Crippen LogP contribution is -2.31. The van der Waals surface area contributed by atoms with Crippen LogP contribution in [0.1, 0.15) is 11.8 Å². The van der Waals surface area contributed by atoms with Crippen molar-refractivity contribution in [3.8, 4) is 0 Å². The maximum Gasteiger partial charge on any atom is 0.224 e. The minimum Gasteiger partial charge on any atom is -0.368 e. The third kappa shape index (κ3) is 2.32. The molecule has 3 rings (SSSR count). The maximum absolute atomic E-state index is 5.76. The molecule has 3 N–H and O–H groups in total. The fraction of sp³-hybridized carbons (Fsp3) is 0.308. The van der Waals surface area contributed by atoms with E-state index >= 15 is 0 Å². The smallest absolute Gasteiger partial charge is 0.224 e. The second-order valence-electron chi connectivity index (χ2n) is 4.78. The molecule has 0 aliphatic heterocycles. The molecule has 0 aliphatic rings. The van der Waals surface area contributed by atoms with Crippen molar-refractivity contribution in [1.82, 2.24) is 20.2 Å². The molecule has 3 aromatic rings. The molecule has 0 saturated heterocycles. The van der Waals surface area contributed by atoms with Crippen LogP contribution in [0.4, 0.5) is 11.8 Å². The van der Waals surface area contributed by atoms with Gasteiger partial charge >= 0.3 is 0 Å². The van der Waals surface area contributed by atoms with Gasteiger partial charge < -0.3 is 10.6 Å². The third-order valence-corrected chi connectivity index (χ3v) is 4.28. The lowest BCUT2D eigenvalue weighted by molar-refractivity contribution is 0.682. The van der Waals surface area contributed by atoms with Crippen molar-refractivity contribution in [3.05, 3.63) is 28.6 Å². The first-order valence-electron chi connectivity index (χ1n) is 6.37. The Bertz CT molecular complexity index is 705. The highest BCUT2D eigenvalue weighted by molar-refractivity contribution is 7.09. The molecule has 3 aromatic heterocycles. The SMILES string of the molecule is CC(Cc1cccs1)N(C)c1nc(N)nc2[nH]ncc12. The van der Waals surface area contributed by atoms with Crippen molar-refractivity contribution >= 4 is 34.1 Å². The summed E-state index contributed by atoms with van der Waals surface area (Å²) in [6, 6.07) is 4.53. The summed E-state index contributed by atoms with van der Waals surface area (Å²) in [5.74, 6) is 1.07. The Morgan fingerprint density at radius 3 is 3.05 bits per heavy atom. The molecule has 104 valence electrons. The molecule has 0 fully saturated rings. The van der Waals surface area contributed by atoms with Crippen molar-refractivity contribution in [3.63, 3.8) is 0 Å². The summed E-state index contributed by atoms with van der Waals surface area (Å²) in [6.07, 6.45) is 2.70. The van der Waals surface area contributed by atoms with Gasteiger partial charge in [0.05, 0.1) is 11.6 Å². The van der Waals surface area contributed by atoms with E-state index < -0.39 is 0 Å². The van der Waals surface area contributed by atoms with Crippen LogP contribution in [0.25, 0.3) is 11.0 Å². The van der Waals surface area contributed by atoms with Crippen LogP contribution in [0.2, 0.25) is 0 Å². The first-order valence-corrected chi connectivity index (χ1v) is 7.25. The third-order valence-electron chi connectivity index (χ3n) is 3.38. The molecule has 7 heteroatoms. The van der Waals surface area contributed by atoms with Crippen molar-refractivity contribution in [1.29, 1.82) is 0 Å². The van der Waals surface area contributed by atoms with E-state index in [-0.39, 0.29) is 5.95 Å².